The number of anilines is 1. The fraction of sp³-hybridized carbons (Fsp3) is 0.538. The minimum absolute atomic E-state index is 0.153. The molecule has 1 aliphatic rings. The summed E-state index contributed by atoms with van der Waals surface area (Å²) in [6.07, 6.45) is 6.52. The number of pyridine rings is 1. The maximum absolute atomic E-state index is 12.7. The predicted molar refractivity (Wildman–Crippen MR) is 75.9 cm³/mol. The number of urea groups is 1. The second kappa shape index (κ2) is 6.75. The van der Waals surface area contributed by atoms with Crippen molar-refractivity contribution in [1.29, 1.82) is 0 Å². The number of carbonyl (C=O) groups excluding carboxylic acids is 1. The van der Waals surface area contributed by atoms with Crippen molar-refractivity contribution in [2.75, 3.05) is 24.7 Å². The number of aromatic nitrogens is 1. The van der Waals surface area contributed by atoms with E-state index in [9.17, 15) is 9.18 Å². The van der Waals surface area contributed by atoms with Crippen LogP contribution in [0.3, 0.4) is 0 Å². The Kier molecular flexibility index (Phi) is 5.01. The van der Waals surface area contributed by atoms with Crippen molar-refractivity contribution in [3.8, 4) is 0 Å². The molecular formula is C13H18FN3OS. The molecule has 1 aromatic rings. The second-order valence-corrected chi connectivity index (χ2v) is 5.73. The standard InChI is InChI=1S/C13H18FN3OS/c1-19-11-4-2-3-7-17(9-11)13(18)16-12-6-5-10(14)8-15-12/h5-6,8,11H,2-4,7,9H2,1H3,(H,15,16,18). The largest absolute Gasteiger partial charge is 0.323 e. The molecule has 1 unspecified atom stereocenters. The number of thioether (sulfide) groups is 1. The first-order valence-electron chi connectivity index (χ1n) is 6.39. The minimum atomic E-state index is -0.407. The average Bonchev–Trinajstić information content (AvgIpc) is 2.67. The summed E-state index contributed by atoms with van der Waals surface area (Å²) in [5, 5.41) is 3.21. The Labute approximate surface area is 116 Å². The number of likely N-dealkylation sites (tertiary alicyclic amines) is 1. The van der Waals surface area contributed by atoms with Gasteiger partial charge in [-0.15, -0.1) is 0 Å². The van der Waals surface area contributed by atoms with Gasteiger partial charge in [0.05, 0.1) is 6.20 Å². The summed E-state index contributed by atoms with van der Waals surface area (Å²) < 4.78 is 12.7. The minimum Gasteiger partial charge on any atom is -0.323 e. The summed E-state index contributed by atoms with van der Waals surface area (Å²) in [5.41, 5.74) is 0. The first-order valence-corrected chi connectivity index (χ1v) is 7.68. The number of nitrogens with zero attached hydrogens (tertiary/aromatic N) is 2. The van der Waals surface area contributed by atoms with Crippen LogP contribution in [0.25, 0.3) is 0 Å². The van der Waals surface area contributed by atoms with E-state index in [4.69, 9.17) is 0 Å². The van der Waals surface area contributed by atoms with E-state index >= 15 is 0 Å². The lowest BCUT2D eigenvalue weighted by molar-refractivity contribution is 0.214. The van der Waals surface area contributed by atoms with Crippen LogP contribution in [0.15, 0.2) is 18.3 Å². The summed E-state index contributed by atoms with van der Waals surface area (Å²) in [4.78, 5) is 17.8. The molecule has 1 aromatic heterocycles. The van der Waals surface area contributed by atoms with Crippen molar-refractivity contribution in [1.82, 2.24) is 9.88 Å². The molecule has 19 heavy (non-hydrogen) atoms. The number of amides is 2. The lowest BCUT2D eigenvalue weighted by atomic mass is 10.2. The van der Waals surface area contributed by atoms with Crippen molar-refractivity contribution >= 4 is 23.6 Å². The quantitative estimate of drug-likeness (QED) is 0.907. The molecule has 104 valence electrons. The predicted octanol–water partition coefficient (Wildman–Crippen LogP) is 2.97. The normalized spacial score (nSPS) is 19.9. The molecule has 6 heteroatoms. The summed E-state index contributed by atoms with van der Waals surface area (Å²) in [7, 11) is 0. The molecule has 2 heterocycles. The van der Waals surface area contributed by atoms with Gasteiger partial charge in [-0.2, -0.15) is 11.8 Å². The lowest BCUT2D eigenvalue weighted by Crippen LogP contribution is -2.38. The molecule has 0 aliphatic carbocycles. The highest BCUT2D eigenvalue weighted by Gasteiger charge is 2.21. The van der Waals surface area contributed by atoms with Gasteiger partial charge in [-0.25, -0.2) is 14.2 Å². The number of halogens is 1. The van der Waals surface area contributed by atoms with E-state index in [2.05, 4.69) is 16.6 Å². The third-order valence-corrected chi connectivity index (χ3v) is 4.26. The van der Waals surface area contributed by atoms with E-state index < -0.39 is 5.82 Å². The van der Waals surface area contributed by atoms with Crippen LogP contribution < -0.4 is 5.32 Å². The number of rotatable bonds is 2. The van der Waals surface area contributed by atoms with Gasteiger partial charge >= 0.3 is 6.03 Å². The molecule has 1 aliphatic heterocycles. The van der Waals surface area contributed by atoms with Crippen molar-refractivity contribution < 1.29 is 9.18 Å². The summed E-state index contributed by atoms with van der Waals surface area (Å²) in [6.45, 7) is 1.53. The third kappa shape index (κ3) is 4.09. The van der Waals surface area contributed by atoms with Crippen LogP contribution >= 0.6 is 11.8 Å². The summed E-state index contributed by atoms with van der Waals surface area (Å²) in [5.74, 6) is -0.0217. The monoisotopic (exact) mass is 283 g/mol. The van der Waals surface area contributed by atoms with Gasteiger partial charge in [-0.1, -0.05) is 6.42 Å². The first-order chi connectivity index (χ1) is 9.19. The lowest BCUT2D eigenvalue weighted by Gasteiger charge is -2.23. The fourth-order valence-electron chi connectivity index (χ4n) is 2.12. The number of carbonyl (C=O) groups is 1. The van der Waals surface area contributed by atoms with Gasteiger partial charge in [0.15, 0.2) is 0 Å². The van der Waals surface area contributed by atoms with Crippen LogP contribution in [-0.2, 0) is 0 Å². The summed E-state index contributed by atoms with van der Waals surface area (Å²) >= 11 is 1.80. The molecule has 0 bridgehead atoms. The van der Waals surface area contributed by atoms with Crippen molar-refractivity contribution in [2.24, 2.45) is 0 Å². The van der Waals surface area contributed by atoms with Crippen LogP contribution in [0, 0.1) is 5.82 Å². The van der Waals surface area contributed by atoms with Gasteiger partial charge < -0.3 is 4.90 Å². The zero-order valence-electron chi connectivity index (χ0n) is 10.9. The van der Waals surface area contributed by atoms with Gasteiger partial charge in [-0.3, -0.25) is 5.32 Å². The number of hydrogen-bond donors (Lipinski definition) is 1. The van der Waals surface area contributed by atoms with Gasteiger partial charge in [0.1, 0.15) is 11.6 Å². The Balaban J connectivity index is 1.96. The fourth-order valence-corrected chi connectivity index (χ4v) is 2.85. The Morgan fingerprint density at radius 1 is 1.53 bits per heavy atom. The number of nitrogens with one attached hydrogen (secondary N) is 1. The highest BCUT2D eigenvalue weighted by molar-refractivity contribution is 7.99. The molecule has 2 amide bonds. The van der Waals surface area contributed by atoms with Crippen LogP contribution in [-0.4, -0.2) is 40.5 Å². The highest BCUT2D eigenvalue weighted by Crippen LogP contribution is 2.20. The van der Waals surface area contributed by atoms with E-state index in [0.29, 0.717) is 11.1 Å². The SMILES string of the molecule is CSC1CCCCN(C(=O)Nc2ccc(F)cn2)C1. The van der Waals surface area contributed by atoms with E-state index in [0.717, 1.165) is 38.5 Å². The topological polar surface area (TPSA) is 45.2 Å². The first kappa shape index (κ1) is 14.1. The van der Waals surface area contributed by atoms with Gasteiger partial charge in [0.25, 0.3) is 0 Å². The second-order valence-electron chi connectivity index (χ2n) is 4.59. The van der Waals surface area contributed by atoms with E-state index in [1.165, 1.54) is 12.1 Å². The van der Waals surface area contributed by atoms with Crippen LogP contribution in [0.4, 0.5) is 15.0 Å². The molecule has 2 rings (SSSR count). The molecule has 1 saturated heterocycles. The smallest absolute Gasteiger partial charge is 0.323 e. The Morgan fingerprint density at radius 3 is 3.05 bits per heavy atom. The Bertz CT molecular complexity index is 426. The maximum atomic E-state index is 12.7. The molecule has 0 aromatic carbocycles. The summed E-state index contributed by atoms with van der Waals surface area (Å²) in [6, 6.07) is 2.60. The number of hydrogen-bond acceptors (Lipinski definition) is 3. The molecule has 1 fully saturated rings. The zero-order valence-corrected chi connectivity index (χ0v) is 11.8. The average molecular weight is 283 g/mol. The Morgan fingerprint density at radius 2 is 2.37 bits per heavy atom. The van der Waals surface area contributed by atoms with Crippen molar-refractivity contribution in [3.05, 3.63) is 24.1 Å². The molecule has 4 nitrogen and oxygen atoms in total. The van der Waals surface area contributed by atoms with Crippen LogP contribution in [0.5, 0.6) is 0 Å². The van der Waals surface area contributed by atoms with Crippen LogP contribution in [0.2, 0.25) is 0 Å². The molecule has 0 spiro atoms. The van der Waals surface area contributed by atoms with E-state index in [-0.39, 0.29) is 6.03 Å². The van der Waals surface area contributed by atoms with E-state index in [1.807, 2.05) is 4.90 Å². The van der Waals surface area contributed by atoms with Crippen molar-refractivity contribution in [3.63, 3.8) is 0 Å². The van der Waals surface area contributed by atoms with Gasteiger partial charge in [0, 0.05) is 18.3 Å². The molecule has 0 saturated carbocycles. The molecular weight excluding hydrogens is 265 g/mol. The van der Waals surface area contributed by atoms with Gasteiger partial charge in [0.2, 0.25) is 0 Å². The third-order valence-electron chi connectivity index (χ3n) is 3.21. The molecule has 0 radical (unpaired) electrons. The van der Waals surface area contributed by atoms with E-state index in [1.54, 1.807) is 11.8 Å². The molecule has 1 N–H and O–H groups in total. The maximum Gasteiger partial charge on any atom is 0.323 e. The Hall–Kier alpha value is -1.30. The van der Waals surface area contributed by atoms with Crippen LogP contribution in [0.1, 0.15) is 19.3 Å². The molecule has 1 atom stereocenters. The van der Waals surface area contributed by atoms with Gasteiger partial charge in [-0.05, 0) is 31.2 Å². The van der Waals surface area contributed by atoms with Crippen molar-refractivity contribution in [2.45, 2.75) is 24.5 Å². The highest BCUT2D eigenvalue weighted by atomic mass is 32.2. The zero-order chi connectivity index (χ0) is 13.7.